The molecule has 0 aromatic heterocycles. The van der Waals surface area contributed by atoms with Gasteiger partial charge in [-0.2, -0.15) is 0 Å². The maximum Gasteiger partial charge on any atom is 0.529 e. The van der Waals surface area contributed by atoms with Crippen LogP contribution in [0.2, 0.25) is 0 Å². The summed E-state index contributed by atoms with van der Waals surface area (Å²) in [4.78, 5) is 89.4. The van der Waals surface area contributed by atoms with E-state index in [1.165, 1.54) is 12.2 Å². The first-order chi connectivity index (χ1) is 29.8. The minimum atomic E-state index is -5.29. The third kappa shape index (κ3) is 6.87. The fourth-order valence-electron chi connectivity index (χ4n) is 15.7. The van der Waals surface area contributed by atoms with Crippen LogP contribution in [0.15, 0.2) is 23.3 Å². The number of aliphatic hydroxyl groups is 6. The van der Waals surface area contributed by atoms with Crippen LogP contribution in [0.4, 0.5) is 0 Å². The number of ketones is 4. The van der Waals surface area contributed by atoms with Crippen molar-refractivity contribution in [2.45, 2.75) is 153 Å². The van der Waals surface area contributed by atoms with E-state index in [1.807, 2.05) is 6.92 Å². The number of esters is 1. The second-order valence-corrected chi connectivity index (χ2v) is 22.6. The first-order valence-electron chi connectivity index (χ1n) is 22.8. The van der Waals surface area contributed by atoms with Crippen LogP contribution in [0.3, 0.4) is 0 Å². The molecule has 6 saturated carbocycles. The van der Waals surface area contributed by atoms with Crippen molar-refractivity contribution in [2.24, 2.45) is 57.2 Å². The van der Waals surface area contributed by atoms with Gasteiger partial charge < -0.3 is 39.9 Å². The Hall–Kier alpha value is -2.99. The molecular weight excluding hydrogens is 855 g/mol. The van der Waals surface area contributed by atoms with Crippen LogP contribution >= 0.6 is 7.82 Å². The Kier molecular flexibility index (Phi) is 11.9. The SMILES string of the molecule is C[C@]12C[C@H](O)[C@H]3[C@@H](CCC4=CC(=O)CC(OC(=O)CCC(=O)OP(=O)(O)OC5CC(=O)C=C6CC[C@@H]7[C@H]([C@@H](O)C[C@@]8(C)[C@H]7CC[C@]8(O)C(=O)CO)[C@]65C)[C@@]43C)[C@@H]1CC[C@]2(O)C(=O)CO. The second kappa shape index (κ2) is 16.1. The number of rotatable bonds is 11. The molecule has 17 atom stereocenters. The van der Waals surface area contributed by atoms with Crippen molar-refractivity contribution in [2.75, 3.05) is 13.2 Å². The van der Waals surface area contributed by atoms with Gasteiger partial charge in [0.05, 0.1) is 31.2 Å². The summed E-state index contributed by atoms with van der Waals surface area (Å²) < 4.78 is 30.2. The van der Waals surface area contributed by atoms with Gasteiger partial charge >= 0.3 is 19.8 Å². The van der Waals surface area contributed by atoms with Crippen LogP contribution in [0, 0.1) is 57.2 Å². The molecule has 6 fully saturated rings. The summed E-state index contributed by atoms with van der Waals surface area (Å²) in [5.41, 5.74) is -6.68. The first-order valence-corrected chi connectivity index (χ1v) is 24.3. The first kappa shape index (κ1) is 47.5. The number of phosphoric ester groups is 1. The Balaban J connectivity index is 0.936. The van der Waals surface area contributed by atoms with Gasteiger partial charge in [0.25, 0.3) is 0 Å². The largest absolute Gasteiger partial charge is 0.529 e. The molecule has 8 aliphatic carbocycles. The lowest BCUT2D eigenvalue weighted by Crippen LogP contribution is -2.64. The molecule has 8 aliphatic rings. The zero-order chi connectivity index (χ0) is 46.7. The molecule has 0 bridgehead atoms. The molecule has 7 N–H and O–H groups in total. The highest BCUT2D eigenvalue weighted by molar-refractivity contribution is 7.48. The maximum absolute atomic E-state index is 13.6. The number of Topliss-reactive ketones (excluding diaryl/α,β-unsaturated/α-hetero) is 2. The summed E-state index contributed by atoms with van der Waals surface area (Å²) in [7, 11) is -5.29. The number of phosphoric acid groups is 1. The van der Waals surface area contributed by atoms with Crippen molar-refractivity contribution in [3.05, 3.63) is 23.3 Å². The average Bonchev–Trinajstić information content (AvgIpc) is 3.65. The Bertz CT molecular complexity index is 2140. The predicted molar refractivity (Wildman–Crippen MR) is 221 cm³/mol. The van der Waals surface area contributed by atoms with Crippen molar-refractivity contribution in [3.8, 4) is 0 Å². The number of aliphatic hydroxyl groups excluding tert-OH is 4. The molecule has 0 radical (unpaired) electrons. The Morgan fingerprint density at radius 2 is 1.11 bits per heavy atom. The molecule has 0 spiro atoms. The molecule has 8 rings (SSSR count). The zero-order valence-electron chi connectivity index (χ0n) is 36.9. The van der Waals surface area contributed by atoms with Gasteiger partial charge in [-0.1, -0.05) is 38.8 Å². The highest BCUT2D eigenvalue weighted by Gasteiger charge is 2.71. The summed E-state index contributed by atoms with van der Waals surface area (Å²) in [5, 5.41) is 66.3. The minimum absolute atomic E-state index is 0.0159. The predicted octanol–water partition coefficient (Wildman–Crippen LogP) is 2.52. The molecule has 3 unspecified atom stereocenters. The second-order valence-electron chi connectivity index (χ2n) is 21.3. The lowest BCUT2D eigenvalue weighted by atomic mass is 9.44. The van der Waals surface area contributed by atoms with E-state index in [9.17, 15) is 68.9 Å². The Morgan fingerprint density at radius 1 is 0.688 bits per heavy atom. The van der Waals surface area contributed by atoms with Crippen LogP contribution < -0.4 is 0 Å². The molecule has 64 heavy (non-hydrogen) atoms. The summed E-state index contributed by atoms with van der Waals surface area (Å²) in [6.07, 6.45) is -0.470. The van der Waals surface area contributed by atoms with E-state index < -0.39 is 132 Å². The molecule has 0 amide bonds. The van der Waals surface area contributed by atoms with Crippen molar-refractivity contribution < 1.29 is 82.6 Å². The number of hydrogen-bond donors (Lipinski definition) is 7. The smallest absolute Gasteiger partial charge is 0.461 e. The van der Waals surface area contributed by atoms with E-state index in [1.54, 1.807) is 20.8 Å². The standard InChI is InChI=1S/C46H63O17P/c1-41-19-31(51)39-27(29(41)11-13-45(41,57)33(53)21-47)7-5-23-15-25(49)17-35(43(23,39)3)61-37(55)9-10-38(56)63-64(59,60)62-36-18-26(50)16-24-6-8-28-30-12-14-46(58,34(54)22-48)42(30,2)20-32(52)40(28)44(24,36)4/h15-16,27-32,35-36,39-40,47-48,51-52,57-58H,5-14,17-22H2,1-4H3,(H,59,60)/t27-,28-,29-,30-,31-,32-,35?,36?,39+,40+,41-,42-,43+,44+,45-,46-/m0/s1. The van der Waals surface area contributed by atoms with E-state index >= 15 is 0 Å². The number of fused-ring (bicyclic) bond motifs is 10. The lowest BCUT2D eigenvalue weighted by molar-refractivity contribution is -0.197. The molecule has 0 aromatic rings. The summed E-state index contributed by atoms with van der Waals surface area (Å²) in [5.74, 6) is -6.44. The van der Waals surface area contributed by atoms with Gasteiger partial charge in [0.1, 0.15) is 30.5 Å². The lowest BCUT2D eigenvalue weighted by Gasteiger charge is -2.61. The molecule has 0 aromatic carbocycles. The number of ether oxygens (including phenoxy) is 1. The van der Waals surface area contributed by atoms with Crippen molar-refractivity contribution in [3.63, 3.8) is 0 Å². The fourth-order valence-corrected chi connectivity index (χ4v) is 16.7. The van der Waals surface area contributed by atoms with E-state index in [-0.39, 0.29) is 68.0 Å². The van der Waals surface area contributed by atoms with E-state index in [4.69, 9.17) is 13.8 Å². The Morgan fingerprint density at radius 3 is 1.56 bits per heavy atom. The monoisotopic (exact) mass is 918 g/mol. The van der Waals surface area contributed by atoms with Crippen molar-refractivity contribution in [1.82, 2.24) is 0 Å². The minimum Gasteiger partial charge on any atom is -0.461 e. The van der Waals surface area contributed by atoms with Crippen molar-refractivity contribution in [1.29, 1.82) is 0 Å². The highest BCUT2D eigenvalue weighted by Crippen LogP contribution is 2.70. The maximum atomic E-state index is 13.6. The van der Waals surface area contributed by atoms with Gasteiger partial charge in [0.2, 0.25) is 0 Å². The van der Waals surface area contributed by atoms with Gasteiger partial charge in [-0.15, -0.1) is 0 Å². The topological polar surface area (TPSA) is 289 Å². The van der Waals surface area contributed by atoms with Gasteiger partial charge in [-0.3, -0.25) is 38.2 Å². The van der Waals surface area contributed by atoms with Crippen LogP contribution in [0.5, 0.6) is 0 Å². The summed E-state index contributed by atoms with van der Waals surface area (Å²) in [6.45, 7) is 5.40. The Labute approximate surface area is 371 Å². The van der Waals surface area contributed by atoms with Gasteiger partial charge in [-0.05, 0) is 106 Å². The van der Waals surface area contributed by atoms with E-state index in [0.717, 1.165) is 0 Å². The molecule has 354 valence electrons. The van der Waals surface area contributed by atoms with Crippen LogP contribution in [0.1, 0.15) is 118 Å². The molecule has 0 aliphatic heterocycles. The number of carbonyl (C=O) groups excluding carboxylic acids is 6. The zero-order valence-corrected chi connectivity index (χ0v) is 37.8. The highest BCUT2D eigenvalue weighted by atomic mass is 31.2. The molecular formula is C46H63O17P. The number of hydrogen-bond acceptors (Lipinski definition) is 16. The van der Waals surface area contributed by atoms with Crippen LogP contribution in [-0.2, 0) is 47.1 Å². The van der Waals surface area contributed by atoms with Gasteiger partial charge in [-0.25, -0.2) is 4.57 Å². The van der Waals surface area contributed by atoms with Crippen LogP contribution in [0.25, 0.3) is 0 Å². The normalized spacial score (nSPS) is 46.7. The summed E-state index contributed by atoms with van der Waals surface area (Å²) in [6, 6.07) is 0. The quantitative estimate of drug-likeness (QED) is 0.116. The van der Waals surface area contributed by atoms with Gasteiger partial charge in [0.15, 0.2) is 23.1 Å². The third-order valence-electron chi connectivity index (χ3n) is 18.8. The van der Waals surface area contributed by atoms with Crippen LogP contribution in [-0.4, -0.2) is 119 Å². The fraction of sp³-hybridized carbons (Fsp3) is 0.783. The summed E-state index contributed by atoms with van der Waals surface area (Å²) >= 11 is 0. The van der Waals surface area contributed by atoms with Crippen molar-refractivity contribution >= 4 is 42.9 Å². The average molecular weight is 919 g/mol. The van der Waals surface area contributed by atoms with Gasteiger partial charge in [0, 0.05) is 40.4 Å². The molecule has 0 saturated heterocycles. The molecule has 18 heteroatoms. The molecule has 17 nitrogen and oxygen atoms in total. The number of carbonyl (C=O) groups is 6. The third-order valence-corrected chi connectivity index (χ3v) is 19.7. The van der Waals surface area contributed by atoms with E-state index in [0.29, 0.717) is 49.7 Å². The molecule has 0 heterocycles. The van der Waals surface area contributed by atoms with E-state index in [2.05, 4.69) is 0 Å².